The van der Waals surface area contributed by atoms with Gasteiger partial charge in [-0.05, 0) is 50.2 Å². The number of nitrogens with zero attached hydrogens (tertiary/aromatic N) is 2. The fraction of sp³-hybridized carbons (Fsp3) is 0.143. The Morgan fingerprint density at radius 2 is 2.04 bits per heavy atom. The zero-order chi connectivity index (χ0) is 19.0. The molecule has 1 aromatic carbocycles. The van der Waals surface area contributed by atoms with Gasteiger partial charge in [0.2, 0.25) is 0 Å². The van der Waals surface area contributed by atoms with Crippen LogP contribution < -0.4 is 10.1 Å². The number of methoxy groups -OCH3 is 1. The van der Waals surface area contributed by atoms with Crippen LogP contribution >= 0.6 is 0 Å². The average molecular weight is 361 g/mol. The molecule has 0 fully saturated rings. The van der Waals surface area contributed by atoms with Crippen LogP contribution in [0, 0.1) is 13.8 Å². The molecule has 3 heterocycles. The Bertz CT molecular complexity index is 1110. The molecule has 0 bridgehead atoms. The van der Waals surface area contributed by atoms with E-state index in [2.05, 4.69) is 10.3 Å². The van der Waals surface area contributed by atoms with Crippen LogP contribution in [0.15, 0.2) is 59.3 Å². The van der Waals surface area contributed by atoms with Gasteiger partial charge in [-0.2, -0.15) is 0 Å². The van der Waals surface area contributed by atoms with Crippen LogP contribution in [0.4, 0.5) is 5.69 Å². The number of imidazole rings is 1. The van der Waals surface area contributed by atoms with Gasteiger partial charge in [0.1, 0.15) is 22.9 Å². The Hall–Kier alpha value is -3.54. The lowest BCUT2D eigenvalue weighted by Gasteiger charge is -2.11. The van der Waals surface area contributed by atoms with E-state index in [9.17, 15) is 4.79 Å². The molecule has 0 atom stereocenters. The van der Waals surface area contributed by atoms with E-state index in [-0.39, 0.29) is 5.91 Å². The molecule has 6 nitrogen and oxygen atoms in total. The number of rotatable bonds is 4. The van der Waals surface area contributed by atoms with Crippen LogP contribution in [0.1, 0.15) is 21.9 Å². The van der Waals surface area contributed by atoms with Gasteiger partial charge in [-0.3, -0.25) is 4.79 Å². The van der Waals surface area contributed by atoms with Gasteiger partial charge < -0.3 is 18.9 Å². The number of pyridine rings is 1. The zero-order valence-electron chi connectivity index (χ0n) is 15.3. The average Bonchev–Trinajstić information content (AvgIpc) is 3.24. The lowest BCUT2D eigenvalue weighted by atomic mass is 10.1. The maximum absolute atomic E-state index is 12.7. The van der Waals surface area contributed by atoms with E-state index in [0.29, 0.717) is 28.5 Å². The molecular weight excluding hydrogens is 342 g/mol. The number of aryl methyl sites for hydroxylation is 2. The Morgan fingerprint density at radius 3 is 2.74 bits per heavy atom. The van der Waals surface area contributed by atoms with E-state index < -0.39 is 0 Å². The predicted octanol–water partition coefficient (Wildman–Crippen LogP) is 4.47. The molecule has 0 radical (unpaired) electrons. The summed E-state index contributed by atoms with van der Waals surface area (Å²) < 4.78 is 12.8. The summed E-state index contributed by atoms with van der Waals surface area (Å²) >= 11 is 0. The number of fused-ring (bicyclic) bond motifs is 1. The summed E-state index contributed by atoms with van der Waals surface area (Å²) in [5.74, 6) is 1.62. The summed E-state index contributed by atoms with van der Waals surface area (Å²) in [4.78, 5) is 17.3. The molecule has 1 amide bonds. The molecule has 3 aromatic heterocycles. The van der Waals surface area contributed by atoms with Crippen molar-refractivity contribution in [3.05, 3.63) is 71.9 Å². The first kappa shape index (κ1) is 16.9. The van der Waals surface area contributed by atoms with Crippen molar-refractivity contribution >= 4 is 17.2 Å². The van der Waals surface area contributed by atoms with E-state index in [1.54, 1.807) is 20.1 Å². The second-order valence-electron chi connectivity index (χ2n) is 6.29. The van der Waals surface area contributed by atoms with Crippen molar-refractivity contribution in [3.63, 3.8) is 0 Å². The number of hydrogen-bond acceptors (Lipinski definition) is 4. The first-order chi connectivity index (χ1) is 13.0. The molecule has 0 spiro atoms. The Balaban J connectivity index is 1.70. The van der Waals surface area contributed by atoms with Crippen LogP contribution in [0.3, 0.4) is 0 Å². The third-order valence-electron chi connectivity index (χ3n) is 4.39. The molecule has 6 heteroatoms. The summed E-state index contributed by atoms with van der Waals surface area (Å²) in [5, 5.41) is 2.92. The quantitative estimate of drug-likeness (QED) is 0.582. The Morgan fingerprint density at radius 1 is 1.19 bits per heavy atom. The highest BCUT2D eigenvalue weighted by Gasteiger charge is 2.16. The Labute approximate surface area is 156 Å². The number of hydrogen-bond donors (Lipinski definition) is 1. The van der Waals surface area contributed by atoms with Crippen molar-refractivity contribution in [1.82, 2.24) is 9.38 Å². The first-order valence-electron chi connectivity index (χ1n) is 8.55. The highest BCUT2D eigenvalue weighted by molar-refractivity contribution is 6.06. The normalized spacial score (nSPS) is 10.9. The molecule has 0 saturated carbocycles. The minimum absolute atomic E-state index is 0.241. The molecule has 0 aliphatic carbocycles. The molecule has 1 N–H and O–H groups in total. The van der Waals surface area contributed by atoms with Crippen molar-refractivity contribution in [1.29, 1.82) is 0 Å². The number of furan rings is 1. The third kappa shape index (κ3) is 3.17. The molecule has 27 heavy (non-hydrogen) atoms. The van der Waals surface area contributed by atoms with Crippen molar-refractivity contribution in [2.75, 3.05) is 12.4 Å². The fourth-order valence-electron chi connectivity index (χ4n) is 3.08. The van der Waals surface area contributed by atoms with Crippen LogP contribution in [0.2, 0.25) is 0 Å². The van der Waals surface area contributed by atoms with Gasteiger partial charge in [0.15, 0.2) is 0 Å². The number of ether oxygens (including phenoxy) is 1. The second kappa shape index (κ2) is 6.64. The van der Waals surface area contributed by atoms with Crippen LogP contribution in [-0.4, -0.2) is 22.4 Å². The Kier molecular flexibility index (Phi) is 4.16. The summed E-state index contributed by atoms with van der Waals surface area (Å²) in [7, 11) is 1.57. The topological polar surface area (TPSA) is 68.8 Å². The molecule has 0 saturated heterocycles. The van der Waals surface area contributed by atoms with Gasteiger partial charge in [-0.1, -0.05) is 6.07 Å². The molecule has 0 aliphatic rings. The standard InChI is InChI=1S/C21H19N3O3/c1-13-10-16(14(2)27-13)21(25)23-17-11-15(7-8-19(17)26-3)18-12-24-9-5-4-6-20(24)22-18/h4-12H,1-3H3,(H,23,25). The van der Waals surface area contributed by atoms with Crippen molar-refractivity contribution in [2.45, 2.75) is 13.8 Å². The molecule has 0 unspecified atom stereocenters. The second-order valence-corrected chi connectivity index (χ2v) is 6.29. The van der Waals surface area contributed by atoms with Crippen LogP contribution in [0.5, 0.6) is 5.75 Å². The first-order valence-corrected chi connectivity index (χ1v) is 8.55. The highest BCUT2D eigenvalue weighted by atomic mass is 16.5. The summed E-state index contributed by atoms with van der Waals surface area (Å²) in [5.41, 5.74) is 3.64. The molecule has 0 aliphatic heterocycles. The maximum Gasteiger partial charge on any atom is 0.259 e. The maximum atomic E-state index is 12.7. The largest absolute Gasteiger partial charge is 0.495 e. The highest BCUT2D eigenvalue weighted by Crippen LogP contribution is 2.31. The van der Waals surface area contributed by atoms with Crippen LogP contribution in [-0.2, 0) is 0 Å². The monoisotopic (exact) mass is 361 g/mol. The van der Waals surface area contributed by atoms with Gasteiger partial charge in [-0.15, -0.1) is 0 Å². The molecule has 4 rings (SSSR count). The summed E-state index contributed by atoms with van der Waals surface area (Å²) in [6.45, 7) is 3.58. The molecule has 4 aromatic rings. The SMILES string of the molecule is COc1ccc(-c2cn3ccccc3n2)cc1NC(=O)c1cc(C)oc1C. The number of nitrogens with one attached hydrogen (secondary N) is 1. The van der Waals surface area contributed by atoms with Crippen molar-refractivity contribution in [3.8, 4) is 17.0 Å². The van der Waals surface area contributed by atoms with E-state index in [0.717, 1.165) is 16.9 Å². The third-order valence-corrected chi connectivity index (χ3v) is 4.39. The fourth-order valence-corrected chi connectivity index (χ4v) is 3.08. The predicted molar refractivity (Wildman–Crippen MR) is 103 cm³/mol. The number of anilines is 1. The lowest BCUT2D eigenvalue weighted by molar-refractivity contribution is 0.102. The van der Waals surface area contributed by atoms with Gasteiger partial charge >= 0.3 is 0 Å². The van der Waals surface area contributed by atoms with Gasteiger partial charge in [-0.25, -0.2) is 4.98 Å². The minimum Gasteiger partial charge on any atom is -0.495 e. The number of carbonyl (C=O) groups excluding carboxylic acids is 1. The van der Waals surface area contributed by atoms with Gasteiger partial charge in [0.25, 0.3) is 5.91 Å². The molecular formula is C21H19N3O3. The van der Waals surface area contributed by atoms with E-state index in [1.165, 1.54) is 0 Å². The summed E-state index contributed by atoms with van der Waals surface area (Å²) in [6, 6.07) is 13.2. The van der Waals surface area contributed by atoms with E-state index in [1.807, 2.05) is 60.1 Å². The van der Waals surface area contributed by atoms with E-state index in [4.69, 9.17) is 9.15 Å². The number of benzene rings is 1. The van der Waals surface area contributed by atoms with Gasteiger partial charge in [0.05, 0.1) is 24.1 Å². The lowest BCUT2D eigenvalue weighted by Crippen LogP contribution is -2.13. The zero-order valence-corrected chi connectivity index (χ0v) is 15.3. The van der Waals surface area contributed by atoms with Crippen LogP contribution in [0.25, 0.3) is 16.9 Å². The minimum atomic E-state index is -0.241. The van der Waals surface area contributed by atoms with Crippen molar-refractivity contribution in [2.24, 2.45) is 0 Å². The van der Waals surface area contributed by atoms with Crippen molar-refractivity contribution < 1.29 is 13.9 Å². The van der Waals surface area contributed by atoms with E-state index >= 15 is 0 Å². The summed E-state index contributed by atoms with van der Waals surface area (Å²) in [6.07, 6.45) is 3.90. The number of carbonyl (C=O) groups is 1. The molecule has 136 valence electrons. The number of aromatic nitrogens is 2. The number of amides is 1. The van der Waals surface area contributed by atoms with Gasteiger partial charge in [0, 0.05) is 18.0 Å². The smallest absolute Gasteiger partial charge is 0.259 e.